The van der Waals surface area contributed by atoms with Crippen molar-refractivity contribution in [2.75, 3.05) is 13.7 Å². The number of carbonyl (C=O) groups is 1. The Bertz CT molecular complexity index is 1000. The highest BCUT2D eigenvalue weighted by Gasteiger charge is 2.13. The predicted octanol–water partition coefficient (Wildman–Crippen LogP) is 3.51. The zero-order valence-electron chi connectivity index (χ0n) is 15.6. The van der Waals surface area contributed by atoms with Crippen LogP contribution in [0.4, 0.5) is 0 Å². The van der Waals surface area contributed by atoms with E-state index in [1.54, 1.807) is 35.2 Å². The van der Waals surface area contributed by atoms with E-state index >= 15 is 0 Å². The second-order valence-corrected chi connectivity index (χ2v) is 6.09. The Labute approximate surface area is 157 Å². The van der Waals surface area contributed by atoms with Gasteiger partial charge in [-0.15, -0.1) is 0 Å². The fourth-order valence-corrected chi connectivity index (χ4v) is 3.01. The second-order valence-electron chi connectivity index (χ2n) is 6.09. The molecule has 0 aliphatic carbocycles. The third-order valence-electron chi connectivity index (χ3n) is 4.27. The lowest BCUT2D eigenvalue weighted by atomic mass is 10.0. The lowest BCUT2D eigenvalue weighted by Crippen LogP contribution is -2.03. The molecular formula is C21H22N2O4. The van der Waals surface area contributed by atoms with Gasteiger partial charge in [0, 0.05) is 13.5 Å². The van der Waals surface area contributed by atoms with E-state index in [0.717, 1.165) is 27.8 Å². The van der Waals surface area contributed by atoms with Gasteiger partial charge in [-0.05, 0) is 42.3 Å². The van der Waals surface area contributed by atoms with Crippen LogP contribution in [0.3, 0.4) is 0 Å². The van der Waals surface area contributed by atoms with E-state index in [1.165, 1.54) is 13.2 Å². The Morgan fingerprint density at radius 1 is 1.26 bits per heavy atom. The molecule has 0 bridgehead atoms. The van der Waals surface area contributed by atoms with E-state index in [0.29, 0.717) is 12.4 Å². The van der Waals surface area contributed by atoms with Gasteiger partial charge in [0.05, 0.1) is 30.8 Å². The van der Waals surface area contributed by atoms with Crippen molar-refractivity contribution in [3.05, 3.63) is 53.7 Å². The van der Waals surface area contributed by atoms with Gasteiger partial charge in [-0.2, -0.15) is 5.10 Å². The first-order chi connectivity index (χ1) is 13.0. The number of hydrogen-bond donors (Lipinski definition) is 1. The van der Waals surface area contributed by atoms with Gasteiger partial charge in [0.15, 0.2) is 17.3 Å². The molecule has 3 aromatic rings. The van der Waals surface area contributed by atoms with Gasteiger partial charge >= 0.3 is 0 Å². The highest BCUT2D eigenvalue weighted by Crippen LogP contribution is 2.29. The average molecular weight is 366 g/mol. The summed E-state index contributed by atoms with van der Waals surface area (Å²) in [5.41, 5.74) is 2.50. The summed E-state index contributed by atoms with van der Waals surface area (Å²) in [5.74, 6) is 1.15. The van der Waals surface area contributed by atoms with Crippen LogP contribution in [0.1, 0.15) is 18.1 Å². The normalized spacial score (nSPS) is 11.2. The maximum Gasteiger partial charge on any atom is 0.160 e. The number of fused-ring (bicyclic) bond motifs is 1. The number of benzene rings is 2. The minimum absolute atomic E-state index is 0.0372. The third-order valence-corrected chi connectivity index (χ3v) is 4.27. The first kappa shape index (κ1) is 18.5. The van der Waals surface area contributed by atoms with E-state index in [1.807, 2.05) is 26.1 Å². The van der Waals surface area contributed by atoms with Crippen molar-refractivity contribution >= 4 is 22.8 Å². The van der Waals surface area contributed by atoms with Crippen LogP contribution < -0.4 is 9.47 Å². The molecule has 0 unspecified atom stereocenters. The molecule has 0 saturated carbocycles. The summed E-state index contributed by atoms with van der Waals surface area (Å²) >= 11 is 0. The zero-order valence-corrected chi connectivity index (χ0v) is 15.6. The quantitative estimate of drug-likeness (QED) is 0.648. The maximum absolute atomic E-state index is 12.4. The molecule has 1 N–H and O–H groups in total. The van der Waals surface area contributed by atoms with Crippen LogP contribution in [0.15, 0.2) is 42.6 Å². The van der Waals surface area contributed by atoms with Crippen molar-refractivity contribution in [1.29, 1.82) is 0 Å². The Hall–Kier alpha value is -3.28. The second kappa shape index (κ2) is 7.95. The fraction of sp³-hybridized carbons (Fsp3) is 0.238. The number of allylic oxidation sites excluding steroid dienone is 1. The number of ether oxygens (including phenoxy) is 2. The summed E-state index contributed by atoms with van der Waals surface area (Å²) in [6, 6.07) is 8.77. The number of aromatic nitrogens is 2. The Morgan fingerprint density at radius 2 is 2.04 bits per heavy atom. The van der Waals surface area contributed by atoms with Gasteiger partial charge in [-0.1, -0.05) is 18.2 Å². The van der Waals surface area contributed by atoms with Gasteiger partial charge in [0.1, 0.15) is 5.75 Å². The van der Waals surface area contributed by atoms with Crippen LogP contribution in [0.2, 0.25) is 0 Å². The minimum atomic E-state index is -0.0445. The molecule has 6 heteroatoms. The molecule has 3 rings (SSSR count). The fourth-order valence-electron chi connectivity index (χ4n) is 3.01. The highest BCUT2D eigenvalue weighted by molar-refractivity contribution is 5.98. The van der Waals surface area contributed by atoms with Crippen LogP contribution in [-0.4, -0.2) is 34.4 Å². The van der Waals surface area contributed by atoms with Crippen LogP contribution in [0.5, 0.6) is 17.2 Å². The van der Waals surface area contributed by atoms with Crippen molar-refractivity contribution in [2.24, 2.45) is 7.05 Å². The van der Waals surface area contributed by atoms with Gasteiger partial charge in [-0.25, -0.2) is 0 Å². The Kier molecular flexibility index (Phi) is 5.45. The summed E-state index contributed by atoms with van der Waals surface area (Å²) in [7, 11) is 3.34. The Balaban J connectivity index is 1.81. The van der Waals surface area contributed by atoms with E-state index in [-0.39, 0.29) is 18.0 Å². The molecule has 0 spiro atoms. The molecule has 0 saturated heterocycles. The standard InChI is InChI=1S/C21H22N2O4/c1-4-27-19-10-7-15(21-17(19)13-22-23(21)2)12-16(24)8-5-14-6-9-20(26-3)18(25)11-14/h5-11,13,25H,4,12H2,1-3H3/b8-5+. The monoisotopic (exact) mass is 366 g/mol. The minimum Gasteiger partial charge on any atom is -0.504 e. The van der Waals surface area contributed by atoms with Crippen LogP contribution in [0, 0.1) is 0 Å². The SMILES string of the molecule is CCOc1ccc(CC(=O)/C=C/c2ccc(OC)c(O)c2)c2c1cnn2C. The van der Waals surface area contributed by atoms with Crippen LogP contribution in [-0.2, 0) is 18.3 Å². The lowest BCUT2D eigenvalue weighted by molar-refractivity contribution is -0.113. The maximum atomic E-state index is 12.4. The number of carbonyl (C=O) groups excluding carboxylic acids is 1. The van der Waals surface area contributed by atoms with E-state index in [4.69, 9.17) is 9.47 Å². The van der Waals surface area contributed by atoms with Crippen LogP contribution in [0.25, 0.3) is 17.0 Å². The predicted molar refractivity (Wildman–Crippen MR) is 104 cm³/mol. The first-order valence-corrected chi connectivity index (χ1v) is 8.67. The number of nitrogens with zero attached hydrogens (tertiary/aromatic N) is 2. The molecule has 2 aromatic carbocycles. The van der Waals surface area contributed by atoms with Gasteiger partial charge in [0.25, 0.3) is 0 Å². The van der Waals surface area contributed by atoms with E-state index in [9.17, 15) is 9.90 Å². The number of rotatable bonds is 7. The van der Waals surface area contributed by atoms with E-state index < -0.39 is 0 Å². The van der Waals surface area contributed by atoms with Crippen molar-refractivity contribution in [3.8, 4) is 17.2 Å². The summed E-state index contributed by atoms with van der Waals surface area (Å²) < 4.78 is 12.4. The average Bonchev–Trinajstić information content (AvgIpc) is 3.05. The molecule has 0 aliphatic heterocycles. The number of hydrogen-bond acceptors (Lipinski definition) is 5. The molecule has 1 heterocycles. The zero-order chi connectivity index (χ0) is 19.4. The number of phenolic OH excluding ortho intramolecular Hbond substituents is 1. The molecule has 0 fully saturated rings. The molecular weight excluding hydrogens is 344 g/mol. The number of phenols is 1. The number of methoxy groups -OCH3 is 1. The summed E-state index contributed by atoms with van der Waals surface area (Å²) in [6.07, 6.45) is 5.20. The number of aryl methyl sites for hydroxylation is 1. The summed E-state index contributed by atoms with van der Waals surface area (Å²) in [5, 5.41) is 15.0. The van der Waals surface area contributed by atoms with Gasteiger partial charge in [0.2, 0.25) is 0 Å². The molecule has 27 heavy (non-hydrogen) atoms. The van der Waals surface area contributed by atoms with Crippen molar-refractivity contribution in [3.63, 3.8) is 0 Å². The number of ketones is 1. The van der Waals surface area contributed by atoms with E-state index in [2.05, 4.69) is 5.10 Å². The van der Waals surface area contributed by atoms with Gasteiger partial charge in [-0.3, -0.25) is 9.48 Å². The third kappa shape index (κ3) is 3.95. The number of aromatic hydroxyl groups is 1. The molecule has 6 nitrogen and oxygen atoms in total. The topological polar surface area (TPSA) is 73.6 Å². The van der Waals surface area contributed by atoms with Crippen molar-refractivity contribution in [1.82, 2.24) is 9.78 Å². The highest BCUT2D eigenvalue weighted by atomic mass is 16.5. The van der Waals surface area contributed by atoms with Crippen LogP contribution >= 0.6 is 0 Å². The molecule has 0 radical (unpaired) electrons. The van der Waals surface area contributed by atoms with Crippen molar-refractivity contribution < 1.29 is 19.4 Å². The lowest BCUT2D eigenvalue weighted by Gasteiger charge is -2.08. The Morgan fingerprint density at radius 3 is 2.74 bits per heavy atom. The van der Waals surface area contributed by atoms with Crippen molar-refractivity contribution in [2.45, 2.75) is 13.3 Å². The summed E-state index contributed by atoms with van der Waals surface area (Å²) in [4.78, 5) is 12.4. The largest absolute Gasteiger partial charge is 0.504 e. The molecule has 140 valence electrons. The van der Waals surface area contributed by atoms with Gasteiger partial charge < -0.3 is 14.6 Å². The molecule has 0 amide bonds. The first-order valence-electron chi connectivity index (χ1n) is 8.67. The molecule has 0 atom stereocenters. The molecule has 0 aliphatic rings. The molecule has 1 aromatic heterocycles. The smallest absolute Gasteiger partial charge is 0.160 e. The summed E-state index contributed by atoms with van der Waals surface area (Å²) in [6.45, 7) is 2.50.